The molecule has 0 bridgehead atoms. The number of ether oxygens (including phenoxy) is 2. The first-order chi connectivity index (χ1) is 43.2. The maximum absolute atomic E-state index is 15.2. The highest BCUT2D eigenvalue weighted by molar-refractivity contribution is 5.99. The SMILES string of the molecule is C/C=C/C[C@@H](C)[C@@H](O)[C@H]1C(=O)N[C@@H](CC)C(=O)N(C)CC(=O)N(C)[C@@H]([C@H](C)COC(=O)N2CCOCC2)C(=O)NC(C(C)C)C(=O)N(C)[C@@H](CC(C)C)C(=O)N[C@@H](C)C(=O)N[C@H](C)C(=O)N(C)[C@@H](CC(C)C)C(=O)N(C)[C@@H](CC(C)C)C(=O)N(C)C(C(C)C)C(=O)N1C. The lowest BCUT2D eigenvalue weighted by atomic mass is 9.91. The minimum Gasteiger partial charge on any atom is -0.449 e. The molecule has 0 saturated carbocycles. The zero-order valence-electron chi connectivity index (χ0n) is 60.1. The molecule has 13 atom stereocenters. The Morgan fingerprint density at radius 3 is 1.52 bits per heavy atom. The summed E-state index contributed by atoms with van der Waals surface area (Å²) in [5.41, 5.74) is 0. The number of morpholine rings is 1. The van der Waals surface area contributed by atoms with E-state index >= 15 is 14.4 Å². The van der Waals surface area contributed by atoms with Gasteiger partial charge >= 0.3 is 6.09 Å². The van der Waals surface area contributed by atoms with Crippen LogP contribution in [-0.4, -0.2) is 271 Å². The Hall–Kier alpha value is -6.90. The van der Waals surface area contributed by atoms with E-state index in [9.17, 15) is 48.3 Å². The van der Waals surface area contributed by atoms with E-state index in [1.54, 1.807) is 67.5 Å². The van der Waals surface area contributed by atoms with E-state index < -0.39 is 168 Å². The van der Waals surface area contributed by atoms with Crippen LogP contribution in [0.4, 0.5) is 4.79 Å². The quantitative estimate of drug-likeness (QED) is 0.139. The predicted octanol–water partition coefficient (Wildman–Crippen LogP) is 2.33. The normalized spacial score (nSPS) is 26.8. The predicted molar refractivity (Wildman–Crippen MR) is 352 cm³/mol. The number of amides is 12. The van der Waals surface area contributed by atoms with Crippen molar-refractivity contribution in [2.24, 2.45) is 41.4 Å². The van der Waals surface area contributed by atoms with Gasteiger partial charge in [-0.15, -0.1) is 0 Å². The maximum Gasteiger partial charge on any atom is 0.409 e. The van der Waals surface area contributed by atoms with Crippen LogP contribution in [0.1, 0.15) is 143 Å². The van der Waals surface area contributed by atoms with Gasteiger partial charge in [0.2, 0.25) is 65.0 Å². The van der Waals surface area contributed by atoms with Gasteiger partial charge in [-0.05, 0) is 88.4 Å². The Morgan fingerprint density at radius 2 is 1.02 bits per heavy atom. The molecule has 2 aliphatic heterocycles. The molecular weight excluding hydrogens is 1200 g/mol. The van der Waals surface area contributed by atoms with Crippen LogP contribution in [0.25, 0.3) is 0 Å². The fraction of sp³-hybridized carbons (Fsp3) is 0.788. The first-order valence-corrected chi connectivity index (χ1v) is 33.0. The molecule has 0 aromatic heterocycles. The molecule has 2 fully saturated rings. The number of rotatable bonds is 16. The van der Waals surface area contributed by atoms with Gasteiger partial charge in [-0.2, -0.15) is 0 Å². The number of carbonyl (C=O) groups is 12. The fourth-order valence-electron chi connectivity index (χ4n) is 11.7. The van der Waals surface area contributed by atoms with E-state index in [0.29, 0.717) is 0 Å². The highest BCUT2D eigenvalue weighted by atomic mass is 16.6. The van der Waals surface area contributed by atoms with Crippen molar-refractivity contribution in [1.82, 2.24) is 60.5 Å². The van der Waals surface area contributed by atoms with Gasteiger partial charge in [0.15, 0.2) is 0 Å². The van der Waals surface area contributed by atoms with E-state index in [-0.39, 0.29) is 82.8 Å². The number of allylic oxidation sites excluding steroid dienone is 2. The summed E-state index contributed by atoms with van der Waals surface area (Å²) < 4.78 is 11.1. The molecule has 0 radical (unpaired) electrons. The summed E-state index contributed by atoms with van der Waals surface area (Å²) in [7, 11) is 9.66. The number of nitrogens with one attached hydrogen (secondary N) is 4. The van der Waals surface area contributed by atoms with Gasteiger partial charge in [0, 0.05) is 68.3 Å². The number of nitrogens with zero attached hydrogens (tertiary/aromatic N) is 8. The molecule has 27 heteroatoms. The van der Waals surface area contributed by atoms with Gasteiger partial charge in [-0.1, -0.05) is 102 Å². The number of aliphatic hydroxyl groups excluding tert-OH is 1. The molecule has 0 aromatic rings. The van der Waals surface area contributed by atoms with E-state index in [0.717, 1.165) is 14.7 Å². The van der Waals surface area contributed by atoms with Gasteiger partial charge < -0.3 is 75.0 Å². The first kappa shape index (κ1) is 82.2. The molecule has 2 heterocycles. The Balaban J connectivity index is 3.01. The first-order valence-electron chi connectivity index (χ1n) is 33.0. The molecule has 93 heavy (non-hydrogen) atoms. The van der Waals surface area contributed by atoms with Crippen molar-refractivity contribution in [1.29, 1.82) is 0 Å². The molecule has 0 spiro atoms. The highest BCUT2D eigenvalue weighted by Crippen LogP contribution is 2.26. The summed E-state index contributed by atoms with van der Waals surface area (Å²) >= 11 is 0. The lowest BCUT2D eigenvalue weighted by Crippen LogP contribution is -2.63. The zero-order chi connectivity index (χ0) is 71.4. The average molecular weight is 1320 g/mol. The highest BCUT2D eigenvalue weighted by Gasteiger charge is 2.46. The lowest BCUT2D eigenvalue weighted by molar-refractivity contribution is -0.157. The van der Waals surface area contributed by atoms with Crippen LogP contribution in [-0.2, 0) is 62.2 Å². The Morgan fingerprint density at radius 1 is 0.548 bits per heavy atom. The second-order valence-electron chi connectivity index (χ2n) is 27.5. The van der Waals surface area contributed by atoms with Gasteiger partial charge in [-0.25, -0.2) is 4.79 Å². The Kier molecular flexibility index (Phi) is 33.5. The monoisotopic (exact) mass is 1320 g/mol. The topological polar surface area (TPSA) is 318 Å². The molecular formula is C66H116N12O15. The molecule has 0 aromatic carbocycles. The average Bonchev–Trinajstić information content (AvgIpc) is 0.858. The summed E-state index contributed by atoms with van der Waals surface area (Å²) in [6.07, 6.45) is 1.95. The summed E-state index contributed by atoms with van der Waals surface area (Å²) in [6, 6.07) is -13.2. The lowest BCUT2D eigenvalue weighted by Gasteiger charge is -2.41. The van der Waals surface area contributed by atoms with Crippen LogP contribution >= 0.6 is 0 Å². The summed E-state index contributed by atoms with van der Waals surface area (Å²) in [4.78, 5) is 185. The van der Waals surface area contributed by atoms with E-state index in [4.69, 9.17) is 9.47 Å². The summed E-state index contributed by atoms with van der Waals surface area (Å²) in [5, 5.41) is 23.1. The molecule has 5 N–H and O–H groups in total. The number of hydrogen-bond donors (Lipinski definition) is 5. The van der Waals surface area contributed by atoms with Crippen LogP contribution in [0.5, 0.6) is 0 Å². The number of hydrogen-bond acceptors (Lipinski definition) is 15. The Labute approximate surface area is 553 Å². The number of carbonyl (C=O) groups excluding carboxylic acids is 12. The number of likely N-dealkylation sites (N-methyl/N-ethyl adjacent to an activating group) is 7. The molecule has 0 aliphatic carbocycles. The third kappa shape index (κ3) is 22.9. The molecule has 2 saturated heterocycles. The van der Waals surface area contributed by atoms with Crippen LogP contribution in [0, 0.1) is 41.4 Å². The van der Waals surface area contributed by atoms with Gasteiger partial charge in [0.05, 0.1) is 32.5 Å². The van der Waals surface area contributed by atoms with Gasteiger partial charge in [0.25, 0.3) is 0 Å². The Bertz CT molecular complexity index is 2590. The van der Waals surface area contributed by atoms with E-state index in [2.05, 4.69) is 21.3 Å². The van der Waals surface area contributed by atoms with Crippen molar-refractivity contribution >= 4 is 71.1 Å². The summed E-state index contributed by atoms with van der Waals surface area (Å²) in [5.74, 6) is -11.5. The molecule has 2 aliphatic rings. The minimum absolute atomic E-state index is 0.0345. The van der Waals surface area contributed by atoms with Crippen molar-refractivity contribution < 1.29 is 72.1 Å². The third-order valence-corrected chi connectivity index (χ3v) is 17.6. The van der Waals surface area contributed by atoms with Crippen molar-refractivity contribution in [3.05, 3.63) is 12.2 Å². The molecule has 530 valence electrons. The number of aliphatic hydroxyl groups is 1. The van der Waals surface area contributed by atoms with E-state index in [1.165, 1.54) is 87.7 Å². The third-order valence-electron chi connectivity index (χ3n) is 17.6. The molecule has 12 amide bonds. The van der Waals surface area contributed by atoms with Crippen molar-refractivity contribution in [3.63, 3.8) is 0 Å². The smallest absolute Gasteiger partial charge is 0.409 e. The van der Waals surface area contributed by atoms with Crippen molar-refractivity contribution in [3.8, 4) is 0 Å². The summed E-state index contributed by atoms with van der Waals surface area (Å²) in [6.45, 7) is 27.4. The molecule has 2 unspecified atom stereocenters. The largest absolute Gasteiger partial charge is 0.449 e. The molecule has 27 nitrogen and oxygen atoms in total. The van der Waals surface area contributed by atoms with Crippen LogP contribution in [0.3, 0.4) is 0 Å². The van der Waals surface area contributed by atoms with Crippen molar-refractivity contribution in [2.45, 2.75) is 209 Å². The maximum atomic E-state index is 15.2. The van der Waals surface area contributed by atoms with Crippen LogP contribution < -0.4 is 21.3 Å². The van der Waals surface area contributed by atoms with Gasteiger partial charge in [0.1, 0.15) is 60.4 Å². The molecule has 2 rings (SSSR count). The fourth-order valence-corrected chi connectivity index (χ4v) is 11.7. The van der Waals surface area contributed by atoms with Crippen LogP contribution in [0.15, 0.2) is 12.2 Å². The second-order valence-corrected chi connectivity index (χ2v) is 27.5. The van der Waals surface area contributed by atoms with E-state index in [1.807, 2.05) is 41.5 Å². The van der Waals surface area contributed by atoms with Crippen molar-refractivity contribution in [2.75, 3.05) is 88.8 Å². The second kappa shape index (κ2) is 37.9. The minimum atomic E-state index is -1.66. The zero-order valence-corrected chi connectivity index (χ0v) is 60.1. The van der Waals surface area contributed by atoms with Gasteiger partial charge in [-0.3, -0.25) is 52.7 Å². The van der Waals surface area contributed by atoms with Crippen LogP contribution in [0.2, 0.25) is 0 Å². The standard InChI is InChI=1S/C66H116N12O15/c1-24-26-27-42(13)55(80)54-59(84)69-46(25-2)61(86)71(17)35-50(79)75(21)53(43(14)36-93-66(91)78-28-30-92-31-29-78)58(83)70-51(40(9)10)64(89)72(18)47(32-37(3)4)57(82)67-44(15)56(81)68-45(16)60(85)73(19)48(33-38(5)6)62(87)74(20)49(34-39(7)8)63(88)76(22)52(41(11)12)65(90)77(54)23/h24,26,37-49,51-55,80H,25,27-36H2,1-23H3,(H,67,82)(H,68,81)(H,69,84)(H,70,83)/b26-24+/t42-,43-,44+,45-,46+,47+,48+,49+,51?,52?,53+,54+,55-/m1/s1.